The molecule has 9 nitrogen and oxygen atoms in total. The monoisotopic (exact) mass is 451 g/mol. The van der Waals surface area contributed by atoms with Crippen LogP contribution in [0.15, 0.2) is 54.6 Å². The number of benzene rings is 3. The number of hydrogen-bond donors (Lipinski definition) is 1. The highest BCUT2D eigenvalue weighted by Gasteiger charge is 2.19. The van der Waals surface area contributed by atoms with Gasteiger partial charge in [0, 0.05) is 22.3 Å². The van der Waals surface area contributed by atoms with Crippen LogP contribution >= 0.6 is 11.6 Å². The number of nitrogens with zero attached hydrogens (tertiary/aromatic N) is 4. The third kappa shape index (κ3) is 4.23. The van der Waals surface area contributed by atoms with Crippen molar-refractivity contribution in [3.8, 4) is 11.4 Å². The molecule has 0 saturated carbocycles. The Morgan fingerprint density at radius 1 is 1.12 bits per heavy atom. The first-order valence-electron chi connectivity index (χ1n) is 9.72. The fraction of sp³-hybridized carbons (Fsp3) is 0.136. The molecule has 0 spiro atoms. The fourth-order valence-electron chi connectivity index (χ4n) is 3.17. The van der Waals surface area contributed by atoms with E-state index in [2.05, 4.69) is 15.5 Å². The minimum atomic E-state index is -0.575. The van der Waals surface area contributed by atoms with Gasteiger partial charge >= 0.3 is 5.69 Å². The molecule has 1 heterocycles. The molecule has 162 valence electrons. The van der Waals surface area contributed by atoms with Crippen LogP contribution in [0.3, 0.4) is 0 Å². The second-order valence-corrected chi connectivity index (χ2v) is 7.38. The minimum Gasteiger partial charge on any atom is -0.487 e. The first-order chi connectivity index (χ1) is 15.4. The van der Waals surface area contributed by atoms with Gasteiger partial charge in [0.1, 0.15) is 11.0 Å². The summed E-state index contributed by atoms with van der Waals surface area (Å²) in [5, 5.41) is 23.7. The zero-order valence-electron chi connectivity index (χ0n) is 17.2. The van der Waals surface area contributed by atoms with E-state index in [1.807, 2.05) is 13.0 Å². The van der Waals surface area contributed by atoms with E-state index in [4.69, 9.17) is 16.3 Å². The molecule has 0 saturated heterocycles. The van der Waals surface area contributed by atoms with Crippen LogP contribution in [0, 0.1) is 17.0 Å². The number of anilines is 1. The van der Waals surface area contributed by atoms with E-state index in [1.54, 1.807) is 37.3 Å². The van der Waals surface area contributed by atoms with Gasteiger partial charge in [0.05, 0.1) is 17.2 Å². The molecule has 1 N–H and O–H groups in total. The predicted octanol–water partition coefficient (Wildman–Crippen LogP) is 4.94. The van der Waals surface area contributed by atoms with Crippen molar-refractivity contribution < 1.29 is 14.5 Å². The van der Waals surface area contributed by atoms with Crippen molar-refractivity contribution in [2.45, 2.75) is 13.8 Å². The van der Waals surface area contributed by atoms with Gasteiger partial charge in [-0.2, -0.15) is 4.80 Å². The van der Waals surface area contributed by atoms with Crippen molar-refractivity contribution in [2.24, 2.45) is 0 Å². The normalized spacial score (nSPS) is 10.8. The Morgan fingerprint density at radius 2 is 1.81 bits per heavy atom. The fourth-order valence-corrected chi connectivity index (χ4v) is 3.29. The number of ether oxygens (including phenoxy) is 1. The van der Waals surface area contributed by atoms with Crippen molar-refractivity contribution in [1.29, 1.82) is 0 Å². The molecule has 0 fully saturated rings. The smallest absolute Gasteiger partial charge is 0.311 e. The summed E-state index contributed by atoms with van der Waals surface area (Å²) in [4.78, 5) is 25.0. The molecule has 10 heteroatoms. The van der Waals surface area contributed by atoms with Gasteiger partial charge in [-0.15, -0.1) is 10.2 Å². The molecule has 4 rings (SSSR count). The predicted molar refractivity (Wildman–Crippen MR) is 121 cm³/mol. The number of amides is 1. The number of fused-ring (bicyclic) bond motifs is 1. The van der Waals surface area contributed by atoms with Gasteiger partial charge < -0.3 is 10.1 Å². The average molecular weight is 452 g/mol. The van der Waals surface area contributed by atoms with Crippen LogP contribution < -0.4 is 10.1 Å². The standard InChI is InChI=1S/C22H18ClN5O4/c1-3-32-21-9-4-14(11-20(21)28(30)31)22(29)24-17-12-19-18(10-13(17)2)25-27(26-19)16-7-5-15(23)6-8-16/h4-12H,3H2,1-2H3,(H,24,29). The number of aromatic nitrogens is 3. The van der Waals surface area contributed by atoms with Gasteiger partial charge in [-0.1, -0.05) is 11.6 Å². The highest BCUT2D eigenvalue weighted by molar-refractivity contribution is 6.30. The van der Waals surface area contributed by atoms with Gasteiger partial charge in [-0.25, -0.2) is 0 Å². The summed E-state index contributed by atoms with van der Waals surface area (Å²) in [6, 6.07) is 14.7. The van der Waals surface area contributed by atoms with Crippen LogP contribution in [0.1, 0.15) is 22.8 Å². The van der Waals surface area contributed by atoms with E-state index in [0.717, 1.165) is 11.3 Å². The van der Waals surface area contributed by atoms with Crippen LogP contribution in [-0.2, 0) is 0 Å². The summed E-state index contributed by atoms with van der Waals surface area (Å²) in [6.07, 6.45) is 0. The molecule has 1 amide bonds. The lowest BCUT2D eigenvalue weighted by atomic mass is 10.1. The van der Waals surface area contributed by atoms with Crippen LogP contribution in [-0.4, -0.2) is 32.4 Å². The second kappa shape index (κ2) is 8.64. The summed E-state index contributed by atoms with van der Waals surface area (Å²) in [5.74, 6) is -0.367. The molecule has 0 aliphatic rings. The van der Waals surface area contributed by atoms with Gasteiger partial charge in [0.15, 0.2) is 5.75 Å². The largest absolute Gasteiger partial charge is 0.487 e. The van der Waals surface area contributed by atoms with Crippen LogP contribution in [0.5, 0.6) is 5.75 Å². The molecular formula is C22H18ClN5O4. The quantitative estimate of drug-likeness (QED) is 0.328. The van der Waals surface area contributed by atoms with Crippen LogP contribution in [0.25, 0.3) is 16.7 Å². The maximum atomic E-state index is 12.8. The lowest BCUT2D eigenvalue weighted by Crippen LogP contribution is -2.13. The number of nitrogens with one attached hydrogen (secondary N) is 1. The maximum absolute atomic E-state index is 12.8. The number of carbonyl (C=O) groups excluding carboxylic acids is 1. The zero-order valence-corrected chi connectivity index (χ0v) is 18.0. The molecule has 3 aromatic carbocycles. The minimum absolute atomic E-state index is 0.116. The number of aryl methyl sites for hydroxylation is 1. The Bertz CT molecular complexity index is 1330. The Hall–Kier alpha value is -3.98. The van der Waals surface area contributed by atoms with Crippen molar-refractivity contribution in [1.82, 2.24) is 15.0 Å². The topological polar surface area (TPSA) is 112 Å². The molecule has 0 atom stereocenters. The van der Waals surface area contributed by atoms with Crippen molar-refractivity contribution in [2.75, 3.05) is 11.9 Å². The van der Waals surface area contributed by atoms with Gasteiger partial charge in [-0.05, 0) is 67.9 Å². The molecule has 0 aliphatic heterocycles. The van der Waals surface area contributed by atoms with Crippen molar-refractivity contribution in [3.63, 3.8) is 0 Å². The Kier molecular flexibility index (Phi) is 5.74. The number of nitro benzene ring substituents is 1. The lowest BCUT2D eigenvalue weighted by molar-refractivity contribution is -0.385. The first-order valence-corrected chi connectivity index (χ1v) is 10.1. The third-order valence-corrected chi connectivity index (χ3v) is 5.00. The summed E-state index contributed by atoms with van der Waals surface area (Å²) in [7, 11) is 0. The van der Waals surface area contributed by atoms with Gasteiger partial charge in [0.25, 0.3) is 5.91 Å². The highest BCUT2D eigenvalue weighted by atomic mass is 35.5. The SMILES string of the molecule is CCOc1ccc(C(=O)Nc2cc3nn(-c4ccc(Cl)cc4)nc3cc2C)cc1[N+](=O)[O-]. The Labute approximate surface area is 187 Å². The van der Waals surface area contributed by atoms with Gasteiger partial charge in [0.2, 0.25) is 0 Å². The lowest BCUT2D eigenvalue weighted by Gasteiger charge is -2.09. The van der Waals surface area contributed by atoms with E-state index in [9.17, 15) is 14.9 Å². The Morgan fingerprint density at radius 3 is 2.47 bits per heavy atom. The molecule has 0 aliphatic carbocycles. The zero-order chi connectivity index (χ0) is 22.8. The molecule has 0 radical (unpaired) electrons. The molecular weight excluding hydrogens is 434 g/mol. The summed E-state index contributed by atoms with van der Waals surface area (Å²) >= 11 is 5.94. The maximum Gasteiger partial charge on any atom is 0.311 e. The third-order valence-electron chi connectivity index (χ3n) is 4.75. The van der Waals surface area contributed by atoms with Crippen LogP contribution in [0.2, 0.25) is 5.02 Å². The Balaban J connectivity index is 1.63. The average Bonchev–Trinajstić information content (AvgIpc) is 3.17. The van der Waals surface area contributed by atoms with E-state index >= 15 is 0 Å². The molecule has 1 aromatic heterocycles. The number of rotatable bonds is 6. The number of halogens is 1. The summed E-state index contributed by atoms with van der Waals surface area (Å²) < 4.78 is 5.27. The number of hydrogen-bond acceptors (Lipinski definition) is 6. The van der Waals surface area contributed by atoms with E-state index in [1.165, 1.54) is 23.0 Å². The molecule has 4 aromatic rings. The summed E-state index contributed by atoms with van der Waals surface area (Å²) in [5.41, 5.74) is 3.17. The number of nitro groups is 1. The van der Waals surface area contributed by atoms with Crippen molar-refractivity contribution >= 4 is 39.9 Å². The number of carbonyl (C=O) groups is 1. The summed E-state index contributed by atoms with van der Waals surface area (Å²) in [6.45, 7) is 3.84. The van der Waals surface area contributed by atoms with Crippen LogP contribution in [0.4, 0.5) is 11.4 Å². The van der Waals surface area contributed by atoms with E-state index in [0.29, 0.717) is 21.7 Å². The van der Waals surface area contributed by atoms with E-state index in [-0.39, 0.29) is 23.6 Å². The van der Waals surface area contributed by atoms with Gasteiger partial charge in [-0.3, -0.25) is 14.9 Å². The second-order valence-electron chi connectivity index (χ2n) is 6.95. The highest BCUT2D eigenvalue weighted by Crippen LogP contribution is 2.29. The van der Waals surface area contributed by atoms with E-state index < -0.39 is 10.8 Å². The first kappa shape index (κ1) is 21.3. The molecule has 0 unspecified atom stereocenters. The molecule has 0 bridgehead atoms. The van der Waals surface area contributed by atoms with Crippen molar-refractivity contribution in [3.05, 3.63) is 80.9 Å². The molecule has 32 heavy (non-hydrogen) atoms.